The first-order valence-corrected chi connectivity index (χ1v) is 8.98. The number of aromatic nitrogens is 3. The maximum atomic E-state index is 12.8. The Labute approximate surface area is 157 Å². The van der Waals surface area contributed by atoms with Gasteiger partial charge in [-0.1, -0.05) is 0 Å². The van der Waals surface area contributed by atoms with Gasteiger partial charge in [-0.15, -0.1) is 11.3 Å². The highest BCUT2D eigenvalue weighted by Crippen LogP contribution is 2.36. The number of aromatic amines is 2. The van der Waals surface area contributed by atoms with Crippen LogP contribution in [0.25, 0.3) is 21.3 Å². The number of nitrogens with one attached hydrogen (secondary N) is 3. The summed E-state index contributed by atoms with van der Waals surface area (Å²) in [6, 6.07) is 7.03. The Morgan fingerprint density at radius 3 is 2.85 bits per heavy atom. The van der Waals surface area contributed by atoms with Crippen molar-refractivity contribution in [3.05, 3.63) is 50.9 Å². The van der Waals surface area contributed by atoms with Crippen molar-refractivity contribution in [2.24, 2.45) is 0 Å². The van der Waals surface area contributed by atoms with Gasteiger partial charge in [-0.25, -0.2) is 9.78 Å². The van der Waals surface area contributed by atoms with Gasteiger partial charge >= 0.3 is 5.69 Å². The van der Waals surface area contributed by atoms with Gasteiger partial charge in [0, 0.05) is 23.9 Å². The molecule has 0 spiro atoms. The molecule has 5 N–H and O–H groups in total. The van der Waals surface area contributed by atoms with Gasteiger partial charge in [0.2, 0.25) is 0 Å². The van der Waals surface area contributed by atoms with Gasteiger partial charge in [0.25, 0.3) is 5.91 Å². The fourth-order valence-electron chi connectivity index (χ4n) is 3.07. The van der Waals surface area contributed by atoms with Crippen LogP contribution in [0.3, 0.4) is 0 Å². The predicted molar refractivity (Wildman–Crippen MR) is 106 cm³/mol. The highest BCUT2D eigenvalue weighted by molar-refractivity contribution is 7.21. The molecule has 0 saturated carbocycles. The number of aryl methyl sites for hydroxylation is 1. The summed E-state index contributed by atoms with van der Waals surface area (Å²) in [5, 5.41) is 3.58. The molecule has 27 heavy (non-hydrogen) atoms. The standard InChI is InChI=1S/C18H17N5O3S/c1-8-5-9(7-26-2)13-14(19)15(27-17(13)20-8)16(24)21-10-3-4-11-12(6-10)23-18(25)22-11/h3-6H,7,19H2,1-2H3,(H,21,24)(H2,22,23,25). The molecule has 1 aromatic carbocycles. The van der Waals surface area contributed by atoms with E-state index in [1.807, 2.05) is 13.0 Å². The van der Waals surface area contributed by atoms with E-state index in [4.69, 9.17) is 10.5 Å². The number of thiophene rings is 1. The van der Waals surface area contributed by atoms with Gasteiger partial charge in [0.05, 0.1) is 23.3 Å². The van der Waals surface area contributed by atoms with Crippen LogP contribution in [0.4, 0.5) is 11.4 Å². The molecule has 0 radical (unpaired) electrons. The first kappa shape index (κ1) is 17.3. The molecular formula is C18H17N5O3S. The van der Waals surface area contributed by atoms with Crippen LogP contribution in [-0.4, -0.2) is 28.0 Å². The summed E-state index contributed by atoms with van der Waals surface area (Å²) in [5.74, 6) is -0.325. The lowest BCUT2D eigenvalue weighted by atomic mass is 10.1. The summed E-state index contributed by atoms with van der Waals surface area (Å²) in [5.41, 5.74) is 9.94. The molecule has 0 fully saturated rings. The fourth-order valence-corrected chi connectivity index (χ4v) is 4.16. The molecule has 0 unspecified atom stereocenters. The molecule has 9 heteroatoms. The topological polar surface area (TPSA) is 126 Å². The van der Waals surface area contributed by atoms with Gasteiger partial charge in [0.1, 0.15) is 9.71 Å². The number of benzene rings is 1. The van der Waals surface area contributed by atoms with Gasteiger partial charge < -0.3 is 25.8 Å². The summed E-state index contributed by atoms with van der Waals surface area (Å²) < 4.78 is 5.24. The highest BCUT2D eigenvalue weighted by atomic mass is 32.1. The summed E-state index contributed by atoms with van der Waals surface area (Å²) >= 11 is 1.25. The molecule has 4 rings (SSSR count). The molecule has 0 atom stereocenters. The molecule has 3 heterocycles. The van der Waals surface area contributed by atoms with E-state index < -0.39 is 0 Å². The maximum absolute atomic E-state index is 12.8. The Bertz CT molecular complexity index is 1240. The number of methoxy groups -OCH3 is 1. The summed E-state index contributed by atoms with van der Waals surface area (Å²) in [6.45, 7) is 2.28. The number of H-pyrrole nitrogens is 2. The fraction of sp³-hybridized carbons (Fsp3) is 0.167. The average Bonchev–Trinajstić information content (AvgIpc) is 3.13. The number of anilines is 2. The second-order valence-electron chi connectivity index (χ2n) is 6.17. The number of rotatable bonds is 4. The van der Waals surface area contributed by atoms with Crippen molar-refractivity contribution in [3.8, 4) is 0 Å². The average molecular weight is 383 g/mol. The minimum atomic E-state index is -0.325. The van der Waals surface area contributed by atoms with Crippen molar-refractivity contribution < 1.29 is 9.53 Å². The lowest BCUT2D eigenvalue weighted by molar-refractivity contribution is 0.103. The first-order chi connectivity index (χ1) is 13.0. The van der Waals surface area contributed by atoms with Crippen LogP contribution in [0.2, 0.25) is 0 Å². The molecule has 138 valence electrons. The molecule has 0 aliphatic rings. The van der Waals surface area contributed by atoms with E-state index in [1.54, 1.807) is 25.3 Å². The monoisotopic (exact) mass is 383 g/mol. The minimum Gasteiger partial charge on any atom is -0.397 e. The summed E-state index contributed by atoms with van der Waals surface area (Å²) in [7, 11) is 1.61. The normalized spacial score (nSPS) is 11.3. The van der Waals surface area contributed by atoms with Crippen LogP contribution in [0, 0.1) is 6.92 Å². The number of amides is 1. The number of fused-ring (bicyclic) bond motifs is 2. The van der Waals surface area contributed by atoms with Crippen LogP contribution >= 0.6 is 11.3 Å². The van der Waals surface area contributed by atoms with Gasteiger partial charge in [0.15, 0.2) is 0 Å². The molecule has 1 amide bonds. The number of nitrogen functional groups attached to an aromatic ring is 1. The third-order valence-electron chi connectivity index (χ3n) is 4.19. The number of carbonyl (C=O) groups excluding carboxylic acids is 1. The molecule has 0 aliphatic carbocycles. The second kappa shape index (κ2) is 6.53. The van der Waals surface area contributed by atoms with E-state index in [2.05, 4.69) is 20.3 Å². The Morgan fingerprint density at radius 2 is 2.07 bits per heavy atom. The summed E-state index contributed by atoms with van der Waals surface area (Å²) in [4.78, 5) is 35.1. The van der Waals surface area contributed by atoms with E-state index in [0.717, 1.165) is 16.6 Å². The molecule has 4 aromatic rings. The second-order valence-corrected chi connectivity index (χ2v) is 7.17. The smallest absolute Gasteiger partial charge is 0.323 e. The largest absolute Gasteiger partial charge is 0.397 e. The van der Waals surface area contributed by atoms with Crippen molar-refractivity contribution in [1.29, 1.82) is 0 Å². The SMILES string of the molecule is COCc1cc(C)nc2sc(C(=O)Nc3ccc4[nH]c(=O)[nH]c4c3)c(N)c12. The zero-order chi connectivity index (χ0) is 19.1. The van der Waals surface area contributed by atoms with Crippen molar-refractivity contribution in [1.82, 2.24) is 15.0 Å². The van der Waals surface area contributed by atoms with E-state index in [9.17, 15) is 9.59 Å². The number of hydrogen-bond acceptors (Lipinski definition) is 6. The minimum absolute atomic E-state index is 0.297. The van der Waals surface area contributed by atoms with Crippen LogP contribution in [-0.2, 0) is 11.3 Å². The predicted octanol–water partition coefficient (Wildman–Crippen LogP) is 2.76. The van der Waals surface area contributed by atoms with Crippen molar-refractivity contribution in [2.45, 2.75) is 13.5 Å². The number of ether oxygens (including phenoxy) is 1. The quantitative estimate of drug-likeness (QED) is 0.431. The number of pyridine rings is 1. The Balaban J connectivity index is 1.72. The number of hydrogen-bond donors (Lipinski definition) is 4. The van der Waals surface area contributed by atoms with Crippen molar-refractivity contribution >= 4 is 49.9 Å². The summed E-state index contributed by atoms with van der Waals surface area (Å²) in [6.07, 6.45) is 0. The van der Waals surface area contributed by atoms with Crippen LogP contribution in [0.5, 0.6) is 0 Å². The zero-order valence-corrected chi connectivity index (χ0v) is 15.5. The van der Waals surface area contributed by atoms with Gasteiger partial charge in [-0.3, -0.25) is 4.79 Å². The number of nitrogens with zero attached hydrogens (tertiary/aromatic N) is 1. The lowest BCUT2D eigenvalue weighted by Gasteiger charge is -2.06. The Kier molecular flexibility index (Phi) is 4.17. The molecule has 0 bridgehead atoms. The third-order valence-corrected chi connectivity index (χ3v) is 5.29. The van der Waals surface area contributed by atoms with Crippen molar-refractivity contribution in [2.75, 3.05) is 18.2 Å². The molecular weight excluding hydrogens is 366 g/mol. The van der Waals surface area contributed by atoms with E-state index in [1.165, 1.54) is 11.3 Å². The Hall–Kier alpha value is -3.17. The van der Waals surface area contributed by atoms with Gasteiger partial charge in [-0.05, 0) is 36.8 Å². The Morgan fingerprint density at radius 1 is 1.30 bits per heavy atom. The van der Waals surface area contributed by atoms with Crippen molar-refractivity contribution in [3.63, 3.8) is 0 Å². The van der Waals surface area contributed by atoms with Crippen LogP contribution < -0.4 is 16.7 Å². The zero-order valence-electron chi connectivity index (χ0n) is 14.7. The van der Waals surface area contributed by atoms with E-state index in [0.29, 0.717) is 38.7 Å². The molecule has 8 nitrogen and oxygen atoms in total. The highest BCUT2D eigenvalue weighted by Gasteiger charge is 2.20. The first-order valence-electron chi connectivity index (χ1n) is 8.17. The van der Waals surface area contributed by atoms with E-state index >= 15 is 0 Å². The molecule has 3 aromatic heterocycles. The third kappa shape index (κ3) is 3.07. The number of imidazole rings is 1. The number of carbonyl (C=O) groups is 1. The maximum Gasteiger partial charge on any atom is 0.323 e. The molecule has 0 aliphatic heterocycles. The number of nitrogens with two attached hydrogens (primary N) is 1. The van der Waals surface area contributed by atoms with Crippen LogP contribution in [0.15, 0.2) is 29.1 Å². The lowest BCUT2D eigenvalue weighted by Crippen LogP contribution is -2.12. The van der Waals surface area contributed by atoms with Gasteiger partial charge in [-0.2, -0.15) is 0 Å². The van der Waals surface area contributed by atoms with E-state index in [-0.39, 0.29) is 11.6 Å². The molecule has 0 saturated heterocycles. The van der Waals surface area contributed by atoms with Crippen LogP contribution in [0.1, 0.15) is 20.9 Å².